The average Bonchev–Trinajstić information content (AvgIpc) is 3.13. The highest BCUT2D eigenvalue weighted by Gasteiger charge is 2.14. The van der Waals surface area contributed by atoms with Crippen molar-refractivity contribution in [3.63, 3.8) is 0 Å². The van der Waals surface area contributed by atoms with Crippen molar-refractivity contribution in [3.05, 3.63) is 71.4 Å². The number of halogens is 1. The van der Waals surface area contributed by atoms with E-state index in [0.717, 1.165) is 0 Å². The van der Waals surface area contributed by atoms with Crippen LogP contribution in [0.4, 0.5) is 5.69 Å². The van der Waals surface area contributed by atoms with Crippen LogP contribution in [0.3, 0.4) is 0 Å². The topological polar surface area (TPSA) is 89.8 Å². The third kappa shape index (κ3) is 3.51. The summed E-state index contributed by atoms with van der Waals surface area (Å²) in [5.41, 5.74) is 2.92. The van der Waals surface area contributed by atoms with Gasteiger partial charge in [-0.15, -0.1) is 5.10 Å². The predicted molar refractivity (Wildman–Crippen MR) is 108 cm³/mol. The number of hydrogen-bond acceptors (Lipinski definition) is 5. The number of rotatable bonds is 5. The maximum absolute atomic E-state index is 12.8. The first kappa shape index (κ1) is 18.3. The number of pyridine rings is 1. The van der Waals surface area contributed by atoms with Crippen LogP contribution >= 0.6 is 11.6 Å². The van der Waals surface area contributed by atoms with Crippen molar-refractivity contribution in [1.82, 2.24) is 20.0 Å². The summed E-state index contributed by atoms with van der Waals surface area (Å²) in [5.74, 6) is -0.0445. The van der Waals surface area contributed by atoms with E-state index < -0.39 is 11.0 Å². The van der Waals surface area contributed by atoms with E-state index in [0.29, 0.717) is 38.0 Å². The van der Waals surface area contributed by atoms with Crippen molar-refractivity contribution < 1.29 is 9.00 Å². The molecule has 9 heteroatoms. The maximum atomic E-state index is 12.8. The molecular weight excluding hydrogens is 398 g/mol. The highest BCUT2D eigenvalue weighted by atomic mass is 35.5. The van der Waals surface area contributed by atoms with E-state index in [1.807, 2.05) is 6.07 Å². The summed E-state index contributed by atoms with van der Waals surface area (Å²) in [7, 11) is -1.55. The van der Waals surface area contributed by atoms with E-state index >= 15 is 0 Å². The first-order valence-corrected chi connectivity index (χ1v) is 9.81. The zero-order chi connectivity index (χ0) is 19.7. The van der Waals surface area contributed by atoms with Crippen molar-refractivity contribution in [1.29, 1.82) is 0 Å². The minimum atomic E-state index is -1.55. The second-order valence-electron chi connectivity index (χ2n) is 5.96. The zero-order valence-corrected chi connectivity index (χ0v) is 16.2. The molecule has 0 aliphatic rings. The number of nitrogens with one attached hydrogen (secondary N) is 1. The van der Waals surface area contributed by atoms with Crippen LogP contribution in [0, 0.1) is 0 Å². The third-order valence-corrected chi connectivity index (χ3v) is 5.43. The Morgan fingerprint density at radius 2 is 1.93 bits per heavy atom. The van der Waals surface area contributed by atoms with Gasteiger partial charge < -0.3 is 0 Å². The van der Waals surface area contributed by atoms with Crippen LogP contribution < -0.4 is 4.72 Å². The molecule has 1 unspecified atom stereocenters. The molecule has 7 nitrogen and oxygen atoms in total. The molecule has 4 aromatic rings. The van der Waals surface area contributed by atoms with Gasteiger partial charge in [0, 0.05) is 16.8 Å². The normalized spacial score (nSPS) is 12.1. The van der Waals surface area contributed by atoms with Gasteiger partial charge in [-0.1, -0.05) is 28.9 Å². The molecule has 28 heavy (non-hydrogen) atoms. The Hall–Kier alpha value is -3.10. The smallest absolute Gasteiger partial charge is 0.202 e. The summed E-state index contributed by atoms with van der Waals surface area (Å²) < 4.78 is 17.4. The SMILES string of the molecule is CC(=O)c1ccc(S(=O)Nc2ccc(Cl)cc2-n2nnc3ncccc32)cc1. The largest absolute Gasteiger partial charge is 0.299 e. The molecule has 0 aliphatic heterocycles. The molecular formula is C19H14ClN5O2S. The monoisotopic (exact) mass is 411 g/mol. The van der Waals surface area contributed by atoms with Crippen LogP contribution in [0.1, 0.15) is 17.3 Å². The summed E-state index contributed by atoms with van der Waals surface area (Å²) in [6, 6.07) is 15.4. The number of fused-ring (bicyclic) bond motifs is 1. The highest BCUT2D eigenvalue weighted by molar-refractivity contribution is 7.86. The first-order chi connectivity index (χ1) is 13.5. The Morgan fingerprint density at radius 3 is 2.68 bits per heavy atom. The number of carbonyl (C=O) groups excluding carboxylic acids is 1. The fourth-order valence-corrected chi connectivity index (χ4v) is 3.72. The Morgan fingerprint density at radius 1 is 1.14 bits per heavy atom. The van der Waals surface area contributed by atoms with Gasteiger partial charge in [0.15, 0.2) is 5.78 Å². The number of Topliss-reactive ketones (excluding diaryl/α,β-unsaturated/α-hetero) is 1. The van der Waals surface area contributed by atoms with Crippen LogP contribution in [0.2, 0.25) is 5.02 Å². The molecule has 0 saturated carbocycles. The lowest BCUT2D eigenvalue weighted by molar-refractivity contribution is 0.101. The van der Waals surface area contributed by atoms with E-state index in [1.54, 1.807) is 59.4 Å². The molecule has 0 radical (unpaired) electrons. The van der Waals surface area contributed by atoms with Crippen LogP contribution in [-0.4, -0.2) is 30.0 Å². The molecule has 2 aromatic heterocycles. The average molecular weight is 412 g/mol. The molecule has 0 fully saturated rings. The molecule has 140 valence electrons. The Balaban J connectivity index is 1.71. The Kier molecular flexibility index (Phi) is 4.89. The van der Waals surface area contributed by atoms with E-state index in [9.17, 15) is 9.00 Å². The van der Waals surface area contributed by atoms with Crippen molar-refractivity contribution >= 4 is 45.2 Å². The molecule has 0 amide bonds. The molecule has 2 heterocycles. The highest BCUT2D eigenvalue weighted by Crippen LogP contribution is 2.27. The molecule has 4 rings (SSSR count). The molecule has 1 atom stereocenters. The van der Waals surface area contributed by atoms with Gasteiger partial charge >= 0.3 is 0 Å². The number of ketones is 1. The van der Waals surface area contributed by atoms with E-state index in [1.165, 1.54) is 6.92 Å². The van der Waals surface area contributed by atoms with Gasteiger partial charge in [0.1, 0.15) is 16.5 Å². The number of hydrogen-bond donors (Lipinski definition) is 1. The molecule has 2 aromatic carbocycles. The lowest BCUT2D eigenvalue weighted by Gasteiger charge is -2.12. The first-order valence-electron chi connectivity index (χ1n) is 8.29. The fraction of sp³-hybridized carbons (Fsp3) is 0.0526. The van der Waals surface area contributed by atoms with Gasteiger partial charge in [0.05, 0.1) is 16.3 Å². The molecule has 0 bridgehead atoms. The van der Waals surface area contributed by atoms with Crippen molar-refractivity contribution in [2.75, 3.05) is 4.72 Å². The molecule has 0 spiro atoms. The maximum Gasteiger partial charge on any atom is 0.202 e. The van der Waals surface area contributed by atoms with E-state index in [2.05, 4.69) is 20.0 Å². The van der Waals surface area contributed by atoms with E-state index in [-0.39, 0.29) is 5.78 Å². The second-order valence-corrected chi connectivity index (χ2v) is 7.61. The lowest BCUT2D eigenvalue weighted by Crippen LogP contribution is -2.09. The second kappa shape index (κ2) is 7.49. The summed E-state index contributed by atoms with van der Waals surface area (Å²) in [4.78, 5) is 16.1. The van der Waals surface area contributed by atoms with Crippen LogP contribution in [0.25, 0.3) is 16.9 Å². The van der Waals surface area contributed by atoms with Gasteiger partial charge in [-0.05, 0) is 49.4 Å². The van der Waals surface area contributed by atoms with Gasteiger partial charge in [-0.25, -0.2) is 13.9 Å². The lowest BCUT2D eigenvalue weighted by atomic mass is 10.2. The number of anilines is 1. The Bertz CT molecular complexity index is 1210. The minimum Gasteiger partial charge on any atom is -0.299 e. The summed E-state index contributed by atoms with van der Waals surface area (Å²) >= 11 is 6.17. The minimum absolute atomic E-state index is 0.0445. The number of nitrogens with zero attached hydrogens (tertiary/aromatic N) is 4. The summed E-state index contributed by atoms with van der Waals surface area (Å²) in [6.07, 6.45) is 1.64. The molecule has 1 N–H and O–H groups in total. The van der Waals surface area contributed by atoms with Crippen molar-refractivity contribution in [3.8, 4) is 5.69 Å². The van der Waals surface area contributed by atoms with Crippen molar-refractivity contribution in [2.45, 2.75) is 11.8 Å². The van der Waals surface area contributed by atoms with Gasteiger partial charge in [0.2, 0.25) is 5.65 Å². The van der Waals surface area contributed by atoms with E-state index in [4.69, 9.17) is 11.6 Å². The van der Waals surface area contributed by atoms with Crippen molar-refractivity contribution in [2.24, 2.45) is 0 Å². The number of aromatic nitrogens is 4. The van der Waals surface area contributed by atoms with Gasteiger partial charge in [-0.2, -0.15) is 0 Å². The van der Waals surface area contributed by atoms with Crippen LogP contribution in [0.15, 0.2) is 65.7 Å². The summed E-state index contributed by atoms with van der Waals surface area (Å²) in [6.45, 7) is 1.49. The summed E-state index contributed by atoms with van der Waals surface area (Å²) in [5, 5.41) is 8.70. The fourth-order valence-electron chi connectivity index (χ4n) is 2.68. The quantitative estimate of drug-likeness (QED) is 0.504. The Labute approximate surface area is 167 Å². The standard InChI is InChI=1S/C19H14ClN5O2S/c1-12(26)13-4-7-15(8-5-13)28(27)23-16-9-6-14(20)11-18(16)25-17-3-2-10-21-19(17)22-24-25/h2-11,23H,1H3. The number of benzene rings is 2. The van der Waals surface area contributed by atoms with Crippen LogP contribution in [-0.2, 0) is 11.0 Å². The molecule has 0 saturated heterocycles. The molecule has 0 aliphatic carbocycles. The van der Waals surface area contributed by atoms with Crippen LogP contribution in [0.5, 0.6) is 0 Å². The number of carbonyl (C=O) groups is 1. The zero-order valence-electron chi connectivity index (χ0n) is 14.7. The predicted octanol–water partition coefficient (Wildman–Crippen LogP) is 3.81. The van der Waals surface area contributed by atoms with Gasteiger partial charge in [0.25, 0.3) is 0 Å². The van der Waals surface area contributed by atoms with Gasteiger partial charge in [-0.3, -0.25) is 9.52 Å². The third-order valence-electron chi connectivity index (χ3n) is 4.09.